The number of fused-ring (bicyclic) bond motifs is 1. The first-order valence-corrected chi connectivity index (χ1v) is 14.6. The van der Waals surface area contributed by atoms with Crippen LogP contribution in [0.3, 0.4) is 0 Å². The average molecular weight is 531 g/mol. The summed E-state index contributed by atoms with van der Waals surface area (Å²) in [4.78, 5) is 22.9. The maximum atomic E-state index is 14.0. The van der Waals surface area contributed by atoms with Crippen LogP contribution in [0.1, 0.15) is 32.3 Å². The monoisotopic (exact) mass is 530 g/mol. The number of aromatic nitrogens is 1. The Bertz CT molecular complexity index is 1300. The van der Waals surface area contributed by atoms with Gasteiger partial charge < -0.3 is 9.64 Å². The Labute approximate surface area is 217 Å². The van der Waals surface area contributed by atoms with Crippen molar-refractivity contribution < 1.29 is 17.9 Å². The maximum absolute atomic E-state index is 14.0. The molecule has 1 aromatic heterocycles. The molecular formula is C26H34N4O4S2. The number of carbonyl (C=O) groups excluding carboxylic acids is 1. The van der Waals surface area contributed by atoms with E-state index in [0.717, 1.165) is 34.6 Å². The van der Waals surface area contributed by atoms with Crippen molar-refractivity contribution in [3.05, 3.63) is 48.0 Å². The van der Waals surface area contributed by atoms with E-state index in [0.29, 0.717) is 37.6 Å². The van der Waals surface area contributed by atoms with Crippen molar-refractivity contribution in [3.8, 4) is 5.75 Å². The topological polar surface area (TPSA) is 83.0 Å². The second-order valence-electron chi connectivity index (χ2n) is 8.93. The molecule has 1 aliphatic rings. The SMILES string of the molecule is CCN(CC)CCN(C(=O)C1CCCN1S(=O)(=O)c1ccc(C)cc1)c1nc2ccc(OC)cc2s1. The zero-order chi connectivity index (χ0) is 25.9. The van der Waals surface area contributed by atoms with Crippen LogP contribution in [0, 0.1) is 6.92 Å². The van der Waals surface area contributed by atoms with Gasteiger partial charge in [0, 0.05) is 19.6 Å². The molecule has 0 radical (unpaired) electrons. The summed E-state index contributed by atoms with van der Waals surface area (Å²) in [5.74, 6) is 0.506. The van der Waals surface area contributed by atoms with Crippen molar-refractivity contribution in [1.29, 1.82) is 0 Å². The van der Waals surface area contributed by atoms with Crippen LogP contribution in [-0.4, -0.2) is 74.4 Å². The molecule has 1 amide bonds. The summed E-state index contributed by atoms with van der Waals surface area (Å²) in [6, 6.07) is 11.7. The summed E-state index contributed by atoms with van der Waals surface area (Å²) in [6.07, 6.45) is 1.13. The number of carbonyl (C=O) groups is 1. The third-order valence-corrected chi connectivity index (χ3v) is 9.70. The van der Waals surface area contributed by atoms with Gasteiger partial charge in [-0.2, -0.15) is 4.31 Å². The van der Waals surface area contributed by atoms with Crippen molar-refractivity contribution in [1.82, 2.24) is 14.2 Å². The number of likely N-dealkylation sites (N-methyl/N-ethyl adjacent to an activating group) is 1. The first kappa shape index (κ1) is 26.5. The minimum absolute atomic E-state index is 0.217. The van der Waals surface area contributed by atoms with Crippen LogP contribution in [0.25, 0.3) is 10.2 Å². The molecule has 4 rings (SSSR count). The highest BCUT2D eigenvalue weighted by molar-refractivity contribution is 7.89. The number of anilines is 1. The number of methoxy groups -OCH3 is 1. The van der Waals surface area contributed by atoms with Crippen LogP contribution in [0.15, 0.2) is 47.4 Å². The number of sulfonamides is 1. The Morgan fingerprint density at radius 1 is 1.14 bits per heavy atom. The fourth-order valence-corrected chi connectivity index (χ4v) is 7.19. The van der Waals surface area contributed by atoms with Crippen molar-refractivity contribution in [2.75, 3.05) is 44.7 Å². The summed E-state index contributed by atoms with van der Waals surface area (Å²) >= 11 is 1.42. The summed E-state index contributed by atoms with van der Waals surface area (Å²) in [5, 5.41) is 0.579. The Kier molecular flexibility index (Phi) is 8.29. The van der Waals surface area contributed by atoms with Crippen molar-refractivity contribution in [2.45, 2.75) is 44.6 Å². The van der Waals surface area contributed by atoms with E-state index in [2.05, 4.69) is 18.7 Å². The molecule has 1 unspecified atom stereocenters. The summed E-state index contributed by atoms with van der Waals surface area (Å²) in [5.41, 5.74) is 1.77. The molecular weight excluding hydrogens is 496 g/mol. The van der Waals surface area contributed by atoms with E-state index < -0.39 is 16.1 Å². The van der Waals surface area contributed by atoms with Gasteiger partial charge in [-0.1, -0.05) is 42.9 Å². The molecule has 0 spiro atoms. The molecule has 36 heavy (non-hydrogen) atoms. The van der Waals surface area contributed by atoms with Gasteiger partial charge in [0.2, 0.25) is 15.9 Å². The minimum Gasteiger partial charge on any atom is -0.497 e. The molecule has 10 heteroatoms. The highest BCUT2D eigenvalue weighted by Crippen LogP contribution is 2.34. The van der Waals surface area contributed by atoms with Crippen LogP contribution in [0.5, 0.6) is 5.75 Å². The number of hydrogen-bond donors (Lipinski definition) is 0. The van der Waals surface area contributed by atoms with Crippen molar-refractivity contribution in [2.24, 2.45) is 0 Å². The standard InChI is InChI=1S/C26H34N4O4S2/c1-5-28(6-2)16-17-29(26-27-22-14-11-20(34-4)18-24(22)35-26)25(31)23-8-7-15-30(23)36(32,33)21-12-9-19(3)10-13-21/h9-14,18,23H,5-8,15-17H2,1-4H3. The second-order valence-corrected chi connectivity index (χ2v) is 11.8. The zero-order valence-electron chi connectivity index (χ0n) is 21.3. The van der Waals surface area contributed by atoms with Crippen molar-refractivity contribution >= 4 is 42.6 Å². The van der Waals surface area contributed by atoms with Gasteiger partial charge in [-0.15, -0.1) is 0 Å². The lowest BCUT2D eigenvalue weighted by molar-refractivity contribution is -0.121. The number of benzene rings is 2. The average Bonchev–Trinajstić information content (AvgIpc) is 3.54. The Morgan fingerprint density at radius 2 is 1.86 bits per heavy atom. The van der Waals surface area contributed by atoms with Crippen LogP contribution in [0.4, 0.5) is 5.13 Å². The zero-order valence-corrected chi connectivity index (χ0v) is 22.9. The molecule has 3 aromatic rings. The molecule has 8 nitrogen and oxygen atoms in total. The van der Waals surface area contributed by atoms with E-state index in [1.54, 1.807) is 36.3 Å². The van der Waals surface area contributed by atoms with Crippen LogP contribution >= 0.6 is 11.3 Å². The van der Waals surface area contributed by atoms with E-state index in [4.69, 9.17) is 9.72 Å². The number of aryl methyl sites for hydroxylation is 1. The third kappa shape index (κ3) is 5.41. The Balaban J connectivity index is 1.67. The lowest BCUT2D eigenvalue weighted by Gasteiger charge is -2.30. The van der Waals surface area contributed by atoms with Crippen LogP contribution < -0.4 is 9.64 Å². The van der Waals surface area contributed by atoms with Crippen LogP contribution in [0.2, 0.25) is 0 Å². The van der Waals surface area contributed by atoms with Crippen LogP contribution in [-0.2, 0) is 14.8 Å². The first-order chi connectivity index (χ1) is 17.3. The largest absolute Gasteiger partial charge is 0.497 e. The third-order valence-electron chi connectivity index (χ3n) is 6.73. The number of amides is 1. The Morgan fingerprint density at radius 3 is 2.53 bits per heavy atom. The van der Waals surface area contributed by atoms with Gasteiger partial charge in [-0.3, -0.25) is 9.69 Å². The fraction of sp³-hybridized carbons (Fsp3) is 0.462. The maximum Gasteiger partial charge on any atom is 0.247 e. The number of thiazole rings is 1. The number of nitrogens with zero attached hydrogens (tertiary/aromatic N) is 4. The normalized spacial score (nSPS) is 16.6. The second kappa shape index (κ2) is 11.2. The number of hydrogen-bond acceptors (Lipinski definition) is 7. The quantitative estimate of drug-likeness (QED) is 0.392. The van der Waals surface area contributed by atoms with Gasteiger partial charge in [-0.05, 0) is 63.2 Å². The molecule has 0 aliphatic carbocycles. The highest BCUT2D eigenvalue weighted by Gasteiger charge is 2.42. The van der Waals surface area contributed by atoms with Gasteiger partial charge in [0.25, 0.3) is 0 Å². The Hall–Kier alpha value is -2.53. The predicted molar refractivity (Wildman–Crippen MR) is 144 cm³/mol. The van der Waals surface area contributed by atoms with Gasteiger partial charge in [-0.25, -0.2) is 13.4 Å². The molecule has 1 fully saturated rings. The predicted octanol–water partition coefficient (Wildman–Crippen LogP) is 4.14. The molecule has 2 aromatic carbocycles. The molecule has 1 atom stereocenters. The smallest absolute Gasteiger partial charge is 0.247 e. The first-order valence-electron chi connectivity index (χ1n) is 12.3. The van der Waals surface area contributed by atoms with E-state index in [-0.39, 0.29) is 10.8 Å². The van der Waals surface area contributed by atoms with E-state index in [9.17, 15) is 13.2 Å². The molecule has 1 aliphatic heterocycles. The molecule has 0 bridgehead atoms. The van der Waals surface area contributed by atoms with Gasteiger partial charge in [0.05, 0.1) is 22.2 Å². The van der Waals surface area contributed by atoms with E-state index >= 15 is 0 Å². The molecule has 194 valence electrons. The van der Waals surface area contributed by atoms with Gasteiger partial charge >= 0.3 is 0 Å². The molecule has 0 N–H and O–H groups in total. The van der Waals surface area contributed by atoms with Gasteiger partial charge in [0.15, 0.2) is 5.13 Å². The summed E-state index contributed by atoms with van der Waals surface area (Å²) < 4.78 is 34.7. The lowest BCUT2D eigenvalue weighted by atomic mass is 10.2. The lowest BCUT2D eigenvalue weighted by Crippen LogP contribution is -2.49. The van der Waals surface area contributed by atoms with E-state index in [1.807, 2.05) is 25.1 Å². The number of ether oxygens (including phenoxy) is 1. The molecule has 0 saturated carbocycles. The minimum atomic E-state index is -3.80. The van der Waals surface area contributed by atoms with Gasteiger partial charge in [0.1, 0.15) is 11.8 Å². The highest BCUT2D eigenvalue weighted by atomic mass is 32.2. The molecule has 2 heterocycles. The van der Waals surface area contributed by atoms with Crippen molar-refractivity contribution in [3.63, 3.8) is 0 Å². The number of rotatable bonds is 10. The summed E-state index contributed by atoms with van der Waals surface area (Å²) in [6.45, 7) is 9.27. The molecule has 1 saturated heterocycles. The summed E-state index contributed by atoms with van der Waals surface area (Å²) in [7, 11) is -2.18. The van der Waals surface area contributed by atoms with E-state index in [1.165, 1.54) is 15.6 Å². The fourth-order valence-electron chi connectivity index (χ4n) is 4.52.